The van der Waals surface area contributed by atoms with Crippen molar-refractivity contribution in [2.24, 2.45) is 5.92 Å². The third-order valence-corrected chi connectivity index (χ3v) is 4.77. The quantitative estimate of drug-likeness (QED) is 0.927. The molecule has 1 heterocycles. The number of carboxylic acids is 1. The first-order chi connectivity index (χ1) is 10.7. The molecule has 118 valence electrons. The Bertz CT molecular complexity index is 545. The van der Waals surface area contributed by atoms with E-state index in [1.807, 2.05) is 18.2 Å². The molecule has 3 rings (SSSR count). The Hall–Kier alpha value is -2.04. The standard InChI is InChI=1S/C17H21NO4/c19-16(11-22-13-7-2-1-3-8-13)18-14-9-5-4-6-12(14)10-15(18)17(20)21/h1-3,7-8,12,14-15H,4-6,9-11H2,(H,20,21)/t12-,14-,15-/m1/s1. The highest BCUT2D eigenvalue weighted by Crippen LogP contribution is 2.39. The summed E-state index contributed by atoms with van der Waals surface area (Å²) in [5.74, 6) is -0.161. The first kappa shape index (κ1) is 14.9. The number of hydrogen-bond donors (Lipinski definition) is 1. The van der Waals surface area contributed by atoms with E-state index in [9.17, 15) is 14.7 Å². The minimum Gasteiger partial charge on any atom is -0.484 e. The van der Waals surface area contributed by atoms with Crippen LogP contribution in [0.25, 0.3) is 0 Å². The lowest BCUT2D eigenvalue weighted by molar-refractivity contribution is -0.150. The van der Waals surface area contributed by atoms with Crippen molar-refractivity contribution in [3.05, 3.63) is 30.3 Å². The molecule has 5 nitrogen and oxygen atoms in total. The Morgan fingerprint density at radius 1 is 1.18 bits per heavy atom. The number of benzene rings is 1. The number of hydrogen-bond acceptors (Lipinski definition) is 3. The monoisotopic (exact) mass is 303 g/mol. The van der Waals surface area contributed by atoms with Crippen LogP contribution < -0.4 is 4.74 Å². The number of para-hydroxylation sites is 1. The molecule has 1 N–H and O–H groups in total. The number of carbonyl (C=O) groups is 2. The van der Waals surface area contributed by atoms with Gasteiger partial charge in [-0.15, -0.1) is 0 Å². The number of nitrogens with zero attached hydrogens (tertiary/aromatic N) is 1. The molecule has 5 heteroatoms. The summed E-state index contributed by atoms with van der Waals surface area (Å²) in [6, 6.07) is 8.51. The Morgan fingerprint density at radius 2 is 1.91 bits per heavy atom. The van der Waals surface area contributed by atoms with Gasteiger partial charge in [0.15, 0.2) is 6.61 Å². The first-order valence-electron chi connectivity index (χ1n) is 7.88. The van der Waals surface area contributed by atoms with E-state index in [0.717, 1.165) is 25.7 Å². The van der Waals surface area contributed by atoms with Gasteiger partial charge in [-0.3, -0.25) is 4.79 Å². The second kappa shape index (κ2) is 6.38. The van der Waals surface area contributed by atoms with Gasteiger partial charge < -0.3 is 14.7 Å². The molecule has 0 unspecified atom stereocenters. The van der Waals surface area contributed by atoms with Gasteiger partial charge >= 0.3 is 5.97 Å². The summed E-state index contributed by atoms with van der Waals surface area (Å²) < 4.78 is 5.50. The molecule has 1 aliphatic heterocycles. The van der Waals surface area contributed by atoms with Crippen LogP contribution in [-0.2, 0) is 9.59 Å². The smallest absolute Gasteiger partial charge is 0.326 e. The molecular weight excluding hydrogens is 282 g/mol. The molecule has 1 aliphatic carbocycles. The number of amides is 1. The number of ether oxygens (including phenoxy) is 1. The molecule has 1 aromatic carbocycles. The first-order valence-corrected chi connectivity index (χ1v) is 7.88. The normalized spacial score (nSPS) is 27.3. The lowest BCUT2D eigenvalue weighted by Gasteiger charge is -2.32. The Balaban J connectivity index is 1.69. The molecule has 0 spiro atoms. The van der Waals surface area contributed by atoms with E-state index in [4.69, 9.17) is 4.74 Å². The Labute approximate surface area is 129 Å². The van der Waals surface area contributed by atoms with Gasteiger partial charge in [0.1, 0.15) is 11.8 Å². The van der Waals surface area contributed by atoms with Crippen molar-refractivity contribution in [1.29, 1.82) is 0 Å². The average molecular weight is 303 g/mol. The van der Waals surface area contributed by atoms with Crippen molar-refractivity contribution >= 4 is 11.9 Å². The topological polar surface area (TPSA) is 66.8 Å². The van der Waals surface area contributed by atoms with Crippen LogP contribution in [0.15, 0.2) is 30.3 Å². The third-order valence-electron chi connectivity index (χ3n) is 4.77. The van der Waals surface area contributed by atoms with E-state index in [2.05, 4.69) is 0 Å². The summed E-state index contributed by atoms with van der Waals surface area (Å²) in [7, 11) is 0. The van der Waals surface area contributed by atoms with Gasteiger partial charge in [-0.25, -0.2) is 4.79 Å². The summed E-state index contributed by atoms with van der Waals surface area (Å²) in [5.41, 5.74) is 0. The summed E-state index contributed by atoms with van der Waals surface area (Å²) in [6.45, 7) is -0.100. The predicted octanol–water partition coefficient (Wildman–Crippen LogP) is 2.31. The average Bonchev–Trinajstić information content (AvgIpc) is 2.93. The van der Waals surface area contributed by atoms with Crippen molar-refractivity contribution in [2.45, 2.75) is 44.2 Å². The van der Waals surface area contributed by atoms with Crippen LogP contribution in [0.1, 0.15) is 32.1 Å². The molecule has 1 saturated carbocycles. The Morgan fingerprint density at radius 3 is 2.64 bits per heavy atom. The fraction of sp³-hybridized carbons (Fsp3) is 0.529. The summed E-state index contributed by atoms with van der Waals surface area (Å²) in [4.78, 5) is 25.6. The minimum atomic E-state index is -0.900. The van der Waals surface area contributed by atoms with Gasteiger partial charge in [0, 0.05) is 6.04 Å². The molecule has 22 heavy (non-hydrogen) atoms. The molecule has 0 bridgehead atoms. The van der Waals surface area contributed by atoms with Gasteiger partial charge in [-0.05, 0) is 37.3 Å². The minimum absolute atomic E-state index is 0.0710. The van der Waals surface area contributed by atoms with Crippen LogP contribution in [-0.4, -0.2) is 40.6 Å². The summed E-state index contributed by atoms with van der Waals surface area (Å²) >= 11 is 0. The number of aliphatic carboxylic acids is 1. The van der Waals surface area contributed by atoms with E-state index in [1.54, 1.807) is 17.0 Å². The summed E-state index contributed by atoms with van der Waals surface area (Å²) in [5, 5.41) is 9.43. The highest BCUT2D eigenvalue weighted by molar-refractivity contribution is 5.85. The largest absolute Gasteiger partial charge is 0.484 e. The fourth-order valence-corrected chi connectivity index (χ4v) is 3.78. The van der Waals surface area contributed by atoms with E-state index >= 15 is 0 Å². The third kappa shape index (κ3) is 2.93. The second-order valence-corrected chi connectivity index (χ2v) is 6.10. The maximum Gasteiger partial charge on any atom is 0.326 e. The van der Waals surface area contributed by atoms with Gasteiger partial charge in [0.25, 0.3) is 5.91 Å². The fourth-order valence-electron chi connectivity index (χ4n) is 3.78. The van der Waals surface area contributed by atoms with E-state index in [-0.39, 0.29) is 18.6 Å². The summed E-state index contributed by atoms with van der Waals surface area (Å²) in [6.07, 6.45) is 4.72. The number of fused-ring (bicyclic) bond motifs is 1. The highest BCUT2D eigenvalue weighted by Gasteiger charge is 2.47. The number of rotatable bonds is 4. The predicted molar refractivity (Wildman–Crippen MR) is 80.6 cm³/mol. The van der Waals surface area contributed by atoms with E-state index < -0.39 is 12.0 Å². The van der Waals surface area contributed by atoms with Crippen molar-refractivity contribution in [3.8, 4) is 5.75 Å². The van der Waals surface area contributed by atoms with Crippen LogP contribution in [0.3, 0.4) is 0 Å². The SMILES string of the molecule is O=C(O)[C@H]1C[C@H]2CCCC[C@H]2N1C(=O)COc1ccccc1. The van der Waals surface area contributed by atoms with Crippen LogP contribution in [0.2, 0.25) is 0 Å². The van der Waals surface area contributed by atoms with Crippen molar-refractivity contribution < 1.29 is 19.4 Å². The van der Waals surface area contributed by atoms with Crippen molar-refractivity contribution in [2.75, 3.05) is 6.61 Å². The number of carbonyl (C=O) groups excluding carboxylic acids is 1. The van der Waals surface area contributed by atoms with Crippen LogP contribution >= 0.6 is 0 Å². The molecule has 3 atom stereocenters. The van der Waals surface area contributed by atoms with Gasteiger partial charge in [-0.1, -0.05) is 31.0 Å². The van der Waals surface area contributed by atoms with Crippen LogP contribution in [0.5, 0.6) is 5.75 Å². The lowest BCUT2D eigenvalue weighted by Crippen LogP contribution is -2.48. The Kier molecular flexibility index (Phi) is 4.32. The van der Waals surface area contributed by atoms with E-state index in [1.165, 1.54) is 0 Å². The number of likely N-dealkylation sites (tertiary alicyclic amines) is 1. The van der Waals surface area contributed by atoms with E-state index in [0.29, 0.717) is 18.1 Å². The zero-order chi connectivity index (χ0) is 15.5. The van der Waals surface area contributed by atoms with Crippen LogP contribution in [0.4, 0.5) is 0 Å². The molecule has 0 radical (unpaired) electrons. The molecule has 1 amide bonds. The molecule has 1 aromatic rings. The molecule has 2 aliphatic rings. The number of carboxylic acid groups (broad SMARTS) is 1. The molecular formula is C17H21NO4. The maximum atomic E-state index is 12.5. The van der Waals surface area contributed by atoms with Gasteiger partial charge in [0.05, 0.1) is 0 Å². The van der Waals surface area contributed by atoms with Crippen molar-refractivity contribution in [3.63, 3.8) is 0 Å². The molecule has 2 fully saturated rings. The van der Waals surface area contributed by atoms with Crippen molar-refractivity contribution in [1.82, 2.24) is 4.90 Å². The zero-order valence-corrected chi connectivity index (χ0v) is 12.5. The van der Waals surface area contributed by atoms with Gasteiger partial charge in [-0.2, -0.15) is 0 Å². The maximum absolute atomic E-state index is 12.5. The highest BCUT2D eigenvalue weighted by atomic mass is 16.5. The molecule has 1 saturated heterocycles. The van der Waals surface area contributed by atoms with Crippen LogP contribution in [0, 0.1) is 5.92 Å². The van der Waals surface area contributed by atoms with Gasteiger partial charge in [0.2, 0.25) is 0 Å². The zero-order valence-electron chi connectivity index (χ0n) is 12.5. The lowest BCUT2D eigenvalue weighted by atomic mass is 9.85. The second-order valence-electron chi connectivity index (χ2n) is 6.10. The molecule has 0 aromatic heterocycles.